The molecule has 0 radical (unpaired) electrons. The van der Waals surface area contributed by atoms with E-state index in [1.165, 1.54) is 29.2 Å². The number of nitrogens with zero attached hydrogens (tertiary/aromatic N) is 2. The second-order valence-corrected chi connectivity index (χ2v) is 12.6. The normalized spacial score (nSPS) is 14.6. The minimum absolute atomic E-state index is 0.0315. The molecule has 0 unspecified atom stereocenters. The summed E-state index contributed by atoms with van der Waals surface area (Å²) in [7, 11) is -4.12. The van der Waals surface area contributed by atoms with Gasteiger partial charge in [-0.25, -0.2) is 12.8 Å². The van der Waals surface area contributed by atoms with Crippen molar-refractivity contribution in [2.45, 2.75) is 82.3 Å². The number of halogens is 1. The summed E-state index contributed by atoms with van der Waals surface area (Å²) in [6.45, 7) is 3.37. The van der Waals surface area contributed by atoms with Crippen LogP contribution in [-0.4, -0.2) is 43.8 Å². The highest BCUT2D eigenvalue weighted by molar-refractivity contribution is 7.92. The van der Waals surface area contributed by atoms with Crippen molar-refractivity contribution in [2.75, 3.05) is 10.8 Å². The molecule has 9 heteroatoms. The molecule has 2 amide bonds. The predicted molar refractivity (Wildman–Crippen MR) is 163 cm³/mol. The third-order valence-corrected chi connectivity index (χ3v) is 9.63. The molecule has 0 heterocycles. The van der Waals surface area contributed by atoms with Gasteiger partial charge in [0, 0.05) is 12.6 Å². The zero-order valence-electron chi connectivity index (χ0n) is 24.3. The first-order valence-electron chi connectivity index (χ1n) is 14.7. The monoisotopic (exact) mass is 593 g/mol. The number of nitrogens with one attached hydrogen (secondary N) is 1. The fourth-order valence-corrected chi connectivity index (χ4v) is 6.83. The van der Waals surface area contributed by atoms with E-state index in [0.717, 1.165) is 48.4 Å². The maximum absolute atomic E-state index is 14.2. The van der Waals surface area contributed by atoms with Crippen molar-refractivity contribution >= 4 is 27.5 Å². The molecule has 3 aromatic carbocycles. The number of carbonyl (C=O) groups excluding carboxylic acids is 2. The van der Waals surface area contributed by atoms with Crippen LogP contribution >= 0.6 is 0 Å². The molecule has 1 aliphatic carbocycles. The summed E-state index contributed by atoms with van der Waals surface area (Å²) in [5.74, 6) is -1.19. The summed E-state index contributed by atoms with van der Waals surface area (Å²) in [4.78, 5) is 29.2. The summed E-state index contributed by atoms with van der Waals surface area (Å²) in [6.07, 6.45) is 6.14. The van der Waals surface area contributed by atoms with Crippen LogP contribution in [0.4, 0.5) is 10.1 Å². The second-order valence-electron chi connectivity index (χ2n) is 10.8. The number of rotatable bonds is 12. The molecule has 224 valence electrons. The molecule has 7 nitrogen and oxygen atoms in total. The number of anilines is 1. The van der Waals surface area contributed by atoms with E-state index in [1.807, 2.05) is 26.0 Å². The summed E-state index contributed by atoms with van der Waals surface area (Å²) < 4.78 is 42.6. The van der Waals surface area contributed by atoms with Gasteiger partial charge in [-0.05, 0) is 73.2 Å². The maximum Gasteiger partial charge on any atom is 0.264 e. The molecular weight excluding hydrogens is 553 g/mol. The minimum Gasteiger partial charge on any atom is -0.352 e. The van der Waals surface area contributed by atoms with Crippen LogP contribution in [0, 0.1) is 5.82 Å². The van der Waals surface area contributed by atoms with Gasteiger partial charge in [0.25, 0.3) is 10.0 Å². The Morgan fingerprint density at radius 3 is 2.10 bits per heavy atom. The van der Waals surface area contributed by atoms with Gasteiger partial charge in [-0.3, -0.25) is 13.9 Å². The molecule has 0 aromatic heterocycles. The average Bonchev–Trinajstić information content (AvgIpc) is 3.01. The number of hydrogen-bond donors (Lipinski definition) is 1. The lowest BCUT2D eigenvalue weighted by Gasteiger charge is -2.34. The minimum atomic E-state index is -4.12. The van der Waals surface area contributed by atoms with Crippen LogP contribution in [0.25, 0.3) is 0 Å². The molecule has 1 N–H and O–H groups in total. The van der Waals surface area contributed by atoms with Crippen LogP contribution in [-0.2, 0) is 32.6 Å². The van der Waals surface area contributed by atoms with Gasteiger partial charge in [0.15, 0.2) is 0 Å². The topological polar surface area (TPSA) is 86.8 Å². The number of aryl methyl sites for hydroxylation is 1. The average molecular weight is 594 g/mol. The van der Waals surface area contributed by atoms with Gasteiger partial charge in [0.05, 0.1) is 10.6 Å². The maximum atomic E-state index is 14.2. The Bertz CT molecular complexity index is 1420. The van der Waals surface area contributed by atoms with Crippen molar-refractivity contribution in [2.24, 2.45) is 0 Å². The molecule has 1 saturated carbocycles. The Labute approximate surface area is 248 Å². The Balaban J connectivity index is 1.69. The van der Waals surface area contributed by atoms with Crippen LogP contribution in [0.5, 0.6) is 0 Å². The fraction of sp³-hybridized carbons (Fsp3) is 0.394. The molecule has 0 spiro atoms. The summed E-state index contributed by atoms with van der Waals surface area (Å²) in [5.41, 5.74) is 2.02. The Morgan fingerprint density at radius 1 is 0.881 bits per heavy atom. The van der Waals surface area contributed by atoms with E-state index in [4.69, 9.17) is 0 Å². The van der Waals surface area contributed by atoms with E-state index in [-0.39, 0.29) is 23.4 Å². The molecule has 3 aromatic rings. The Kier molecular flexibility index (Phi) is 10.7. The first-order chi connectivity index (χ1) is 20.2. The first kappa shape index (κ1) is 31.2. The van der Waals surface area contributed by atoms with Gasteiger partial charge in [-0.1, -0.05) is 75.6 Å². The van der Waals surface area contributed by atoms with Crippen molar-refractivity contribution in [3.05, 3.63) is 95.8 Å². The summed E-state index contributed by atoms with van der Waals surface area (Å²) in [5, 5.41) is 3.13. The third kappa shape index (κ3) is 7.76. The van der Waals surface area contributed by atoms with E-state index >= 15 is 0 Å². The van der Waals surface area contributed by atoms with Crippen LogP contribution < -0.4 is 9.62 Å². The van der Waals surface area contributed by atoms with E-state index in [1.54, 1.807) is 42.5 Å². The highest BCUT2D eigenvalue weighted by Gasteiger charge is 2.34. The molecule has 1 aliphatic rings. The molecule has 0 aliphatic heterocycles. The van der Waals surface area contributed by atoms with Crippen molar-refractivity contribution in [3.8, 4) is 0 Å². The number of carbonyl (C=O) groups is 2. The quantitative estimate of drug-likeness (QED) is 0.286. The van der Waals surface area contributed by atoms with Crippen molar-refractivity contribution in [3.63, 3.8) is 0 Å². The lowest BCUT2D eigenvalue weighted by molar-refractivity contribution is -0.140. The van der Waals surface area contributed by atoms with Gasteiger partial charge in [0.2, 0.25) is 11.8 Å². The molecule has 1 fully saturated rings. The number of hydrogen-bond acceptors (Lipinski definition) is 4. The van der Waals surface area contributed by atoms with E-state index < -0.39 is 34.3 Å². The zero-order chi connectivity index (χ0) is 30.1. The number of benzene rings is 3. The molecule has 0 bridgehead atoms. The summed E-state index contributed by atoms with van der Waals surface area (Å²) in [6, 6.07) is 20.1. The number of amides is 2. The molecule has 42 heavy (non-hydrogen) atoms. The highest BCUT2D eigenvalue weighted by atomic mass is 32.2. The predicted octanol–water partition coefficient (Wildman–Crippen LogP) is 5.84. The van der Waals surface area contributed by atoms with Crippen LogP contribution in [0.15, 0.2) is 83.8 Å². The Hall–Kier alpha value is -3.72. The highest BCUT2D eigenvalue weighted by Crippen LogP contribution is 2.26. The van der Waals surface area contributed by atoms with E-state index in [2.05, 4.69) is 5.32 Å². The van der Waals surface area contributed by atoms with Gasteiger partial charge in [0.1, 0.15) is 18.4 Å². The van der Waals surface area contributed by atoms with Gasteiger partial charge >= 0.3 is 0 Å². The lowest BCUT2D eigenvalue weighted by atomic mass is 9.95. The second kappa shape index (κ2) is 14.4. The lowest BCUT2D eigenvalue weighted by Crippen LogP contribution is -2.54. The van der Waals surface area contributed by atoms with Gasteiger partial charge < -0.3 is 10.2 Å². The van der Waals surface area contributed by atoms with E-state index in [0.29, 0.717) is 17.7 Å². The molecule has 1 atom stereocenters. The SMILES string of the molecule is CCc1ccc(N(CC(=O)N(Cc2ccc(F)cc2)[C@H](CC)C(=O)NC2CCCCC2)S(=O)(=O)c2ccccc2)cc1. The fourth-order valence-electron chi connectivity index (χ4n) is 5.40. The van der Waals surface area contributed by atoms with Crippen molar-refractivity contribution in [1.82, 2.24) is 10.2 Å². The molecule has 0 saturated heterocycles. The Morgan fingerprint density at radius 2 is 1.50 bits per heavy atom. The van der Waals surface area contributed by atoms with Crippen molar-refractivity contribution < 1.29 is 22.4 Å². The first-order valence-corrected chi connectivity index (χ1v) is 16.2. The van der Waals surface area contributed by atoms with Crippen molar-refractivity contribution in [1.29, 1.82) is 0 Å². The smallest absolute Gasteiger partial charge is 0.264 e. The largest absolute Gasteiger partial charge is 0.352 e. The zero-order valence-corrected chi connectivity index (χ0v) is 25.2. The van der Waals surface area contributed by atoms with Gasteiger partial charge in [-0.15, -0.1) is 0 Å². The molecule has 4 rings (SSSR count). The number of sulfonamides is 1. The third-order valence-electron chi connectivity index (χ3n) is 7.85. The van der Waals surface area contributed by atoms with Gasteiger partial charge in [-0.2, -0.15) is 0 Å². The van der Waals surface area contributed by atoms with E-state index in [9.17, 15) is 22.4 Å². The standard InChI is InChI=1S/C33H40FN3O4S/c1-3-25-17-21-29(22-18-25)37(42(40,41)30-13-9-6-10-14-30)24-32(38)36(23-26-15-19-27(34)20-16-26)31(4-2)33(39)35-28-11-7-5-8-12-28/h6,9-10,13-22,28,31H,3-5,7-8,11-12,23-24H2,1-2H3,(H,35,39)/t31-/m1/s1. The van der Waals surface area contributed by atoms with Crippen LogP contribution in [0.3, 0.4) is 0 Å². The van der Waals surface area contributed by atoms with Crippen LogP contribution in [0.2, 0.25) is 0 Å². The molecular formula is C33H40FN3O4S. The summed E-state index contributed by atoms with van der Waals surface area (Å²) >= 11 is 0. The van der Waals surface area contributed by atoms with Crippen LogP contribution in [0.1, 0.15) is 63.5 Å².